The van der Waals surface area contributed by atoms with Gasteiger partial charge in [-0.25, -0.2) is 0 Å². The molecule has 0 aliphatic heterocycles. The van der Waals surface area contributed by atoms with Crippen molar-refractivity contribution in [1.29, 1.82) is 0 Å². The van der Waals surface area contributed by atoms with Crippen LogP contribution in [0, 0.1) is 0 Å². The lowest BCUT2D eigenvalue weighted by Gasteiger charge is -2.03. The maximum atomic E-state index is 5.42. The lowest BCUT2D eigenvalue weighted by atomic mass is 10.2. The van der Waals surface area contributed by atoms with E-state index in [2.05, 4.69) is 6.92 Å². The Labute approximate surface area is 78.0 Å². The molecule has 3 heteroatoms. The van der Waals surface area contributed by atoms with Gasteiger partial charge in [0.05, 0.1) is 12.2 Å². The molecule has 13 heavy (non-hydrogen) atoms. The molecule has 0 saturated carbocycles. The first kappa shape index (κ1) is 9.58. The van der Waals surface area contributed by atoms with Crippen molar-refractivity contribution in [2.24, 2.45) is 5.73 Å². The van der Waals surface area contributed by atoms with Gasteiger partial charge in [0, 0.05) is 0 Å². The zero-order chi connectivity index (χ0) is 9.68. The molecule has 3 nitrogen and oxygen atoms in total. The van der Waals surface area contributed by atoms with E-state index in [9.17, 15) is 0 Å². The predicted octanol–water partition coefficient (Wildman–Crippen LogP) is -0.0602. The highest BCUT2D eigenvalue weighted by Gasteiger charge is 2.00. The number of ether oxygens (including phenoxy) is 1. The van der Waals surface area contributed by atoms with Crippen molar-refractivity contribution in [1.82, 2.24) is 0 Å². The van der Waals surface area contributed by atoms with Gasteiger partial charge >= 0.3 is 0 Å². The number of rotatable bonds is 4. The highest BCUT2D eigenvalue weighted by atomic mass is 16.5. The van der Waals surface area contributed by atoms with Crippen LogP contribution in [0.2, 0.25) is 0 Å². The summed E-state index contributed by atoms with van der Waals surface area (Å²) in [6, 6.07) is 7.43. The van der Waals surface area contributed by atoms with Gasteiger partial charge in [0.15, 0.2) is 0 Å². The first-order valence-electron chi connectivity index (χ1n) is 4.35. The summed E-state index contributed by atoms with van der Waals surface area (Å²) < 4.78 is 5.40. The fourth-order valence-electron chi connectivity index (χ4n) is 0.964. The molecule has 0 aromatic heterocycles. The molecule has 1 rings (SSSR count). The third-order valence-electron chi connectivity index (χ3n) is 1.66. The molecule has 0 aliphatic rings. The third-order valence-corrected chi connectivity index (χ3v) is 1.66. The molecule has 0 unspecified atom stereocenters. The molecule has 0 spiro atoms. The van der Waals surface area contributed by atoms with E-state index in [4.69, 9.17) is 15.9 Å². The Kier molecular flexibility index (Phi) is 3.31. The summed E-state index contributed by atoms with van der Waals surface area (Å²) in [5, 5.41) is 5.42. The number of benzene rings is 1. The molecule has 1 aromatic carbocycles. The Balaban J connectivity index is 2.64. The van der Waals surface area contributed by atoms with E-state index in [1.165, 1.54) is 0 Å². The highest BCUT2D eigenvalue weighted by Crippen LogP contribution is 2.11. The number of nitrogens with two attached hydrogens (primary N) is 2. The Hall–Kier alpha value is -1.51. The molecule has 0 amide bonds. The van der Waals surface area contributed by atoms with E-state index in [0.29, 0.717) is 5.84 Å². The van der Waals surface area contributed by atoms with Crippen molar-refractivity contribution in [3.8, 4) is 5.75 Å². The maximum absolute atomic E-state index is 5.42. The zero-order valence-corrected chi connectivity index (χ0v) is 7.79. The molecule has 70 valence electrons. The summed E-state index contributed by atoms with van der Waals surface area (Å²) in [6.07, 6.45) is 1.01. The van der Waals surface area contributed by atoms with Gasteiger partial charge in [0.25, 0.3) is 5.84 Å². The van der Waals surface area contributed by atoms with Gasteiger partial charge in [-0.3, -0.25) is 11.1 Å². The molecule has 0 heterocycles. The van der Waals surface area contributed by atoms with Crippen LogP contribution < -0.4 is 15.9 Å². The summed E-state index contributed by atoms with van der Waals surface area (Å²) >= 11 is 0. The second-order valence-corrected chi connectivity index (χ2v) is 2.83. The minimum Gasteiger partial charge on any atom is -0.494 e. The fourth-order valence-corrected chi connectivity index (χ4v) is 0.964. The molecule has 0 radical (unpaired) electrons. The molecule has 0 saturated heterocycles. The Morgan fingerprint density at radius 2 is 2.00 bits per heavy atom. The van der Waals surface area contributed by atoms with Crippen molar-refractivity contribution in [2.75, 3.05) is 6.61 Å². The van der Waals surface area contributed by atoms with Crippen LogP contribution in [0.4, 0.5) is 0 Å². The second-order valence-electron chi connectivity index (χ2n) is 2.83. The fraction of sp³-hybridized carbons (Fsp3) is 0.300. The van der Waals surface area contributed by atoms with E-state index in [1.807, 2.05) is 24.3 Å². The number of hydrogen-bond donors (Lipinski definition) is 2. The normalized spacial score (nSPS) is 9.62. The molecular weight excluding hydrogens is 164 g/mol. The minimum atomic E-state index is 0.335. The van der Waals surface area contributed by atoms with Crippen molar-refractivity contribution in [2.45, 2.75) is 13.3 Å². The minimum absolute atomic E-state index is 0.335. The molecule has 1 aromatic rings. The molecule has 0 fully saturated rings. The summed E-state index contributed by atoms with van der Waals surface area (Å²) in [6.45, 7) is 2.81. The quantitative estimate of drug-likeness (QED) is 0.502. The Morgan fingerprint density at radius 3 is 2.46 bits per heavy atom. The number of hydrogen-bond acceptors (Lipinski definition) is 1. The predicted molar refractivity (Wildman–Crippen MR) is 52.4 cm³/mol. The van der Waals surface area contributed by atoms with Crippen LogP contribution in [0.25, 0.3) is 0 Å². The van der Waals surface area contributed by atoms with Crippen LogP contribution in [0.1, 0.15) is 18.9 Å². The van der Waals surface area contributed by atoms with Crippen LogP contribution in [-0.2, 0) is 0 Å². The van der Waals surface area contributed by atoms with Gasteiger partial charge in [0.1, 0.15) is 5.75 Å². The first-order chi connectivity index (χ1) is 6.24. The van der Waals surface area contributed by atoms with Gasteiger partial charge in [-0.2, -0.15) is 0 Å². The Morgan fingerprint density at radius 1 is 1.38 bits per heavy atom. The van der Waals surface area contributed by atoms with Gasteiger partial charge in [-0.15, -0.1) is 0 Å². The van der Waals surface area contributed by atoms with Crippen molar-refractivity contribution in [3.05, 3.63) is 29.8 Å². The van der Waals surface area contributed by atoms with E-state index < -0.39 is 0 Å². The van der Waals surface area contributed by atoms with Crippen LogP contribution in [0.15, 0.2) is 24.3 Å². The van der Waals surface area contributed by atoms with Crippen LogP contribution >= 0.6 is 0 Å². The van der Waals surface area contributed by atoms with E-state index in [0.717, 1.165) is 24.3 Å². The van der Waals surface area contributed by atoms with E-state index >= 15 is 0 Å². The maximum Gasteiger partial charge on any atom is 0.270 e. The van der Waals surface area contributed by atoms with Crippen LogP contribution in [0.3, 0.4) is 0 Å². The lowest BCUT2D eigenvalue weighted by Crippen LogP contribution is -2.46. The van der Waals surface area contributed by atoms with Crippen molar-refractivity contribution >= 4 is 5.84 Å². The van der Waals surface area contributed by atoms with E-state index in [-0.39, 0.29) is 0 Å². The molecule has 4 N–H and O–H groups in total. The first-order valence-corrected chi connectivity index (χ1v) is 4.35. The third kappa shape index (κ3) is 2.78. The van der Waals surface area contributed by atoms with Crippen LogP contribution in [-0.4, -0.2) is 12.4 Å². The lowest BCUT2D eigenvalue weighted by molar-refractivity contribution is -0.114. The van der Waals surface area contributed by atoms with Gasteiger partial charge in [-0.1, -0.05) is 6.92 Å². The highest BCUT2D eigenvalue weighted by molar-refractivity contribution is 5.92. The molecule has 0 atom stereocenters. The number of amidine groups is 1. The van der Waals surface area contributed by atoms with Gasteiger partial charge in [-0.05, 0) is 30.7 Å². The molecular formula is C10H15N2O+. The van der Waals surface area contributed by atoms with Crippen molar-refractivity contribution in [3.63, 3.8) is 0 Å². The topological polar surface area (TPSA) is 60.8 Å². The van der Waals surface area contributed by atoms with E-state index in [1.54, 1.807) is 0 Å². The SMILES string of the molecule is CCCOc1ccc(C(N)=[NH2+])cc1. The molecule has 0 aliphatic carbocycles. The monoisotopic (exact) mass is 179 g/mol. The summed E-state index contributed by atoms with van der Waals surface area (Å²) in [5.41, 5.74) is 6.25. The van der Waals surface area contributed by atoms with Gasteiger partial charge in [0.2, 0.25) is 0 Å². The standard InChI is InChI=1S/C10H14N2O/c1-2-7-13-9-5-3-8(4-6-9)10(11)12/h3-6H,2,7H2,1H3,(H3,11,12)/p+1. The van der Waals surface area contributed by atoms with Gasteiger partial charge < -0.3 is 4.74 Å². The van der Waals surface area contributed by atoms with Crippen molar-refractivity contribution < 1.29 is 10.1 Å². The summed E-state index contributed by atoms with van der Waals surface area (Å²) in [7, 11) is 0. The smallest absolute Gasteiger partial charge is 0.270 e. The summed E-state index contributed by atoms with van der Waals surface area (Å²) in [5.74, 6) is 1.19. The summed E-state index contributed by atoms with van der Waals surface area (Å²) in [4.78, 5) is 0. The Bertz CT molecular complexity index is 279. The van der Waals surface area contributed by atoms with Crippen LogP contribution in [0.5, 0.6) is 5.75 Å². The zero-order valence-electron chi connectivity index (χ0n) is 7.79. The second kappa shape index (κ2) is 4.50. The average Bonchev–Trinajstić information content (AvgIpc) is 2.15. The molecule has 0 bridgehead atoms. The average molecular weight is 179 g/mol. The largest absolute Gasteiger partial charge is 0.494 e.